The van der Waals surface area contributed by atoms with E-state index in [4.69, 9.17) is 0 Å². The van der Waals surface area contributed by atoms with Crippen LogP contribution in [0.15, 0.2) is 18.2 Å². The minimum atomic E-state index is 0.643. The fourth-order valence-corrected chi connectivity index (χ4v) is 3.43. The highest BCUT2D eigenvalue weighted by Crippen LogP contribution is 2.24. The van der Waals surface area contributed by atoms with E-state index in [9.17, 15) is 0 Å². The van der Waals surface area contributed by atoms with Gasteiger partial charge in [-0.3, -0.25) is 4.90 Å². The van der Waals surface area contributed by atoms with Gasteiger partial charge in [0, 0.05) is 31.4 Å². The van der Waals surface area contributed by atoms with Crippen LogP contribution in [-0.2, 0) is 12.8 Å². The number of fused-ring (bicyclic) bond motifs is 1. The first-order valence-corrected chi connectivity index (χ1v) is 8.13. The van der Waals surface area contributed by atoms with Gasteiger partial charge in [-0.15, -0.1) is 0 Å². The maximum atomic E-state index is 3.50. The smallest absolute Gasteiger partial charge is 0.0372 e. The van der Waals surface area contributed by atoms with Crippen LogP contribution >= 0.6 is 0 Å². The Kier molecular flexibility index (Phi) is 4.58. The van der Waals surface area contributed by atoms with Gasteiger partial charge in [-0.2, -0.15) is 0 Å². The third kappa shape index (κ3) is 3.33. The largest absolute Gasteiger partial charge is 0.385 e. The minimum absolute atomic E-state index is 0.643. The van der Waals surface area contributed by atoms with E-state index in [1.54, 1.807) is 0 Å². The van der Waals surface area contributed by atoms with Gasteiger partial charge >= 0.3 is 0 Å². The maximum Gasteiger partial charge on any atom is 0.0372 e. The van der Waals surface area contributed by atoms with Gasteiger partial charge in [-0.25, -0.2) is 0 Å². The summed E-state index contributed by atoms with van der Waals surface area (Å²) in [4.78, 5) is 2.64. The summed E-state index contributed by atoms with van der Waals surface area (Å²) in [5.74, 6) is 0. The molecule has 3 nitrogen and oxygen atoms in total. The molecule has 0 bridgehead atoms. The Labute approximate surface area is 122 Å². The molecular weight excluding hydrogens is 246 g/mol. The minimum Gasteiger partial charge on any atom is -0.385 e. The number of benzene rings is 1. The van der Waals surface area contributed by atoms with Crippen LogP contribution in [0.25, 0.3) is 0 Å². The van der Waals surface area contributed by atoms with Gasteiger partial charge in [0.05, 0.1) is 0 Å². The SMILES string of the molecule is CC(Cc1ccc2c(c1)CCCN2)N1CCCNCC1. The first-order chi connectivity index (χ1) is 9.83. The highest BCUT2D eigenvalue weighted by Gasteiger charge is 2.16. The number of nitrogens with one attached hydrogen (secondary N) is 2. The fourth-order valence-electron chi connectivity index (χ4n) is 3.43. The average molecular weight is 273 g/mol. The van der Waals surface area contributed by atoms with Gasteiger partial charge in [0.1, 0.15) is 0 Å². The van der Waals surface area contributed by atoms with Crippen LogP contribution in [0.4, 0.5) is 5.69 Å². The van der Waals surface area contributed by atoms with Crippen LogP contribution < -0.4 is 10.6 Å². The highest BCUT2D eigenvalue weighted by molar-refractivity contribution is 5.54. The van der Waals surface area contributed by atoms with Crippen LogP contribution in [0.1, 0.15) is 30.9 Å². The van der Waals surface area contributed by atoms with Crippen molar-refractivity contribution in [3.05, 3.63) is 29.3 Å². The Morgan fingerprint density at radius 1 is 1.15 bits per heavy atom. The summed E-state index contributed by atoms with van der Waals surface area (Å²) in [6.07, 6.45) is 4.95. The van der Waals surface area contributed by atoms with Gasteiger partial charge in [0.2, 0.25) is 0 Å². The van der Waals surface area contributed by atoms with Crippen LogP contribution in [0, 0.1) is 0 Å². The third-order valence-corrected chi connectivity index (χ3v) is 4.64. The molecular formula is C17H27N3. The second-order valence-electron chi connectivity index (χ2n) is 6.21. The van der Waals surface area contributed by atoms with Crippen molar-refractivity contribution in [1.82, 2.24) is 10.2 Å². The van der Waals surface area contributed by atoms with Gasteiger partial charge in [-0.1, -0.05) is 12.1 Å². The van der Waals surface area contributed by atoms with Crippen molar-refractivity contribution in [1.29, 1.82) is 0 Å². The first-order valence-electron chi connectivity index (χ1n) is 8.13. The molecule has 20 heavy (non-hydrogen) atoms. The molecule has 1 unspecified atom stereocenters. The average Bonchev–Trinajstić information content (AvgIpc) is 2.76. The Balaban J connectivity index is 1.64. The van der Waals surface area contributed by atoms with Crippen molar-refractivity contribution in [3.8, 4) is 0 Å². The number of rotatable bonds is 3. The van der Waals surface area contributed by atoms with E-state index in [2.05, 4.69) is 40.7 Å². The second kappa shape index (κ2) is 6.59. The molecule has 1 aromatic rings. The van der Waals surface area contributed by atoms with Crippen molar-refractivity contribution in [2.45, 2.75) is 38.6 Å². The van der Waals surface area contributed by atoms with E-state index in [-0.39, 0.29) is 0 Å². The van der Waals surface area contributed by atoms with Crippen LogP contribution in [0.2, 0.25) is 0 Å². The molecule has 0 amide bonds. The molecule has 0 aliphatic carbocycles. The lowest BCUT2D eigenvalue weighted by molar-refractivity contribution is 0.221. The summed E-state index contributed by atoms with van der Waals surface area (Å²) in [7, 11) is 0. The zero-order valence-electron chi connectivity index (χ0n) is 12.6. The normalized spacial score (nSPS) is 21.6. The predicted octanol–water partition coefficient (Wildman–Crippen LogP) is 2.27. The van der Waals surface area contributed by atoms with E-state index in [1.807, 2.05) is 0 Å². The Hall–Kier alpha value is -1.06. The lowest BCUT2D eigenvalue weighted by Crippen LogP contribution is -2.37. The lowest BCUT2D eigenvalue weighted by Gasteiger charge is -2.28. The molecule has 2 aliphatic heterocycles. The monoisotopic (exact) mass is 273 g/mol. The summed E-state index contributed by atoms with van der Waals surface area (Å²) in [6.45, 7) is 8.24. The predicted molar refractivity (Wildman–Crippen MR) is 85.5 cm³/mol. The summed E-state index contributed by atoms with van der Waals surface area (Å²) in [6, 6.07) is 7.66. The molecule has 1 aromatic carbocycles. The third-order valence-electron chi connectivity index (χ3n) is 4.64. The number of aryl methyl sites for hydroxylation is 1. The lowest BCUT2D eigenvalue weighted by atomic mass is 9.97. The maximum absolute atomic E-state index is 3.50. The van der Waals surface area contributed by atoms with E-state index < -0.39 is 0 Å². The van der Waals surface area contributed by atoms with Crippen LogP contribution in [0.5, 0.6) is 0 Å². The van der Waals surface area contributed by atoms with E-state index in [1.165, 1.54) is 62.1 Å². The zero-order valence-corrected chi connectivity index (χ0v) is 12.6. The van der Waals surface area contributed by atoms with Crippen molar-refractivity contribution < 1.29 is 0 Å². The number of anilines is 1. The summed E-state index contributed by atoms with van der Waals surface area (Å²) in [5.41, 5.74) is 4.36. The molecule has 1 atom stereocenters. The number of hydrogen-bond donors (Lipinski definition) is 2. The molecule has 0 aromatic heterocycles. The molecule has 1 fully saturated rings. The van der Waals surface area contributed by atoms with E-state index in [0.29, 0.717) is 6.04 Å². The molecule has 0 spiro atoms. The zero-order chi connectivity index (χ0) is 13.8. The first kappa shape index (κ1) is 13.9. The number of nitrogens with zero attached hydrogens (tertiary/aromatic N) is 1. The molecule has 2 N–H and O–H groups in total. The van der Waals surface area contributed by atoms with Crippen molar-refractivity contribution in [2.75, 3.05) is 38.0 Å². The Bertz CT molecular complexity index is 436. The summed E-state index contributed by atoms with van der Waals surface area (Å²) < 4.78 is 0. The fraction of sp³-hybridized carbons (Fsp3) is 0.647. The van der Waals surface area contributed by atoms with Crippen molar-refractivity contribution >= 4 is 5.69 Å². The number of hydrogen-bond acceptors (Lipinski definition) is 3. The van der Waals surface area contributed by atoms with Gasteiger partial charge < -0.3 is 10.6 Å². The molecule has 1 saturated heterocycles. The molecule has 0 radical (unpaired) electrons. The van der Waals surface area contributed by atoms with Gasteiger partial charge in [0.15, 0.2) is 0 Å². The van der Waals surface area contributed by atoms with Crippen LogP contribution in [0.3, 0.4) is 0 Å². The van der Waals surface area contributed by atoms with E-state index >= 15 is 0 Å². The van der Waals surface area contributed by atoms with E-state index in [0.717, 1.165) is 13.1 Å². The quantitative estimate of drug-likeness (QED) is 0.884. The van der Waals surface area contributed by atoms with Crippen LogP contribution in [-0.4, -0.2) is 43.7 Å². The molecule has 2 aliphatic rings. The molecule has 3 rings (SSSR count). The molecule has 0 saturated carbocycles. The standard InChI is InChI=1S/C17H27N3/c1-14(20-10-3-7-18-9-11-20)12-15-5-6-17-16(13-15)4-2-8-19-17/h5-6,13-14,18-19H,2-4,7-12H2,1H3. The topological polar surface area (TPSA) is 27.3 Å². The Morgan fingerprint density at radius 3 is 3.05 bits per heavy atom. The molecule has 110 valence electrons. The second-order valence-corrected chi connectivity index (χ2v) is 6.21. The van der Waals surface area contributed by atoms with Gasteiger partial charge in [-0.05, 0) is 62.9 Å². The summed E-state index contributed by atoms with van der Waals surface area (Å²) in [5, 5.41) is 6.98. The van der Waals surface area contributed by atoms with Crippen molar-refractivity contribution in [3.63, 3.8) is 0 Å². The molecule has 2 heterocycles. The summed E-state index contributed by atoms with van der Waals surface area (Å²) >= 11 is 0. The Morgan fingerprint density at radius 2 is 2.10 bits per heavy atom. The molecule has 3 heteroatoms. The van der Waals surface area contributed by atoms with Gasteiger partial charge in [0.25, 0.3) is 0 Å². The highest BCUT2D eigenvalue weighted by atomic mass is 15.2. The van der Waals surface area contributed by atoms with Crippen molar-refractivity contribution in [2.24, 2.45) is 0 Å².